The smallest absolute Gasteiger partial charge is 0.261 e. The monoisotopic (exact) mass is 395 g/mol. The third-order valence-electron chi connectivity index (χ3n) is 3.93. The zero-order valence-electron chi connectivity index (χ0n) is 14.9. The summed E-state index contributed by atoms with van der Waals surface area (Å²) in [6.07, 6.45) is 1.15. The Morgan fingerprint density at radius 3 is 2.19 bits per heavy atom. The first kappa shape index (κ1) is 20.3. The molecule has 0 radical (unpaired) electrons. The van der Waals surface area contributed by atoms with Gasteiger partial charge in [0.1, 0.15) is 5.75 Å². The van der Waals surface area contributed by atoms with E-state index < -0.39 is 15.9 Å². The van der Waals surface area contributed by atoms with Gasteiger partial charge in [0, 0.05) is 11.3 Å². The summed E-state index contributed by atoms with van der Waals surface area (Å²) < 4.78 is 28.7. The van der Waals surface area contributed by atoms with Gasteiger partial charge in [-0.05, 0) is 55.3 Å². The lowest BCUT2D eigenvalue weighted by Gasteiger charge is -2.21. The zero-order chi connectivity index (χ0) is 19.3. The number of benzene rings is 2. The molecule has 0 aliphatic carbocycles. The molecule has 0 saturated heterocycles. The molecule has 0 unspecified atom stereocenters. The van der Waals surface area contributed by atoms with Crippen LogP contribution in [0.4, 0.5) is 0 Å². The van der Waals surface area contributed by atoms with Crippen LogP contribution in [-0.4, -0.2) is 26.7 Å². The molecule has 0 heterocycles. The summed E-state index contributed by atoms with van der Waals surface area (Å²) in [4.78, 5) is 12.7. The highest BCUT2D eigenvalue weighted by Crippen LogP contribution is 2.20. The van der Waals surface area contributed by atoms with E-state index in [-0.39, 0.29) is 16.8 Å². The Balaban J connectivity index is 2.04. The van der Waals surface area contributed by atoms with Crippen molar-refractivity contribution in [1.29, 1.82) is 0 Å². The molecule has 2 aromatic carbocycles. The van der Waals surface area contributed by atoms with Gasteiger partial charge in [0.25, 0.3) is 5.91 Å². The lowest BCUT2D eigenvalue weighted by Crippen LogP contribution is -2.38. The van der Waals surface area contributed by atoms with Gasteiger partial charge < -0.3 is 10.1 Å². The molecule has 1 amide bonds. The highest BCUT2D eigenvalue weighted by atomic mass is 35.5. The number of nitrogens with one attached hydrogen (secondary N) is 1. The summed E-state index contributed by atoms with van der Waals surface area (Å²) >= 11 is 5.83. The van der Waals surface area contributed by atoms with Gasteiger partial charge in [0.15, 0.2) is 15.9 Å². The van der Waals surface area contributed by atoms with Gasteiger partial charge in [-0.15, -0.1) is 0 Å². The third kappa shape index (κ3) is 5.47. The summed E-state index contributed by atoms with van der Waals surface area (Å²) in [5.74, 6) is 0.307. The Hall–Kier alpha value is -2.05. The SMILES string of the molecule is CC[C@@H](NC(=O)[C@@H](C)Oc1ccc(Cl)cc1)c1ccc(S(C)(=O)=O)cc1. The molecule has 26 heavy (non-hydrogen) atoms. The second-order valence-electron chi connectivity index (χ2n) is 6.02. The number of carbonyl (C=O) groups is 1. The van der Waals surface area contributed by atoms with Crippen molar-refractivity contribution in [2.75, 3.05) is 6.26 Å². The van der Waals surface area contributed by atoms with Crippen LogP contribution in [0.15, 0.2) is 53.4 Å². The van der Waals surface area contributed by atoms with Crippen LogP contribution in [-0.2, 0) is 14.6 Å². The first-order chi connectivity index (χ1) is 12.2. The predicted molar refractivity (Wildman–Crippen MR) is 102 cm³/mol. The normalized spacial score (nSPS) is 13.7. The molecule has 0 saturated carbocycles. The Morgan fingerprint density at radius 2 is 1.69 bits per heavy atom. The topological polar surface area (TPSA) is 72.5 Å². The van der Waals surface area contributed by atoms with Crippen LogP contribution < -0.4 is 10.1 Å². The van der Waals surface area contributed by atoms with Crippen LogP contribution in [0.25, 0.3) is 0 Å². The standard InChI is InChI=1S/C19H22ClNO4S/c1-4-18(14-5-11-17(12-6-14)26(3,23)24)21-19(22)13(2)25-16-9-7-15(20)8-10-16/h5-13,18H,4H2,1-3H3,(H,21,22)/t13-,18-/m1/s1. The number of hydrogen-bond acceptors (Lipinski definition) is 4. The fourth-order valence-corrected chi connectivity index (χ4v) is 3.18. The third-order valence-corrected chi connectivity index (χ3v) is 5.31. The van der Waals surface area contributed by atoms with Crippen LogP contribution in [0, 0.1) is 0 Å². The minimum Gasteiger partial charge on any atom is -0.481 e. The summed E-state index contributed by atoms with van der Waals surface area (Å²) in [6, 6.07) is 13.1. The first-order valence-electron chi connectivity index (χ1n) is 8.23. The van der Waals surface area contributed by atoms with Crippen LogP contribution >= 0.6 is 11.6 Å². The van der Waals surface area contributed by atoms with Crippen molar-refractivity contribution in [3.8, 4) is 5.75 Å². The van der Waals surface area contributed by atoms with Crippen molar-refractivity contribution >= 4 is 27.3 Å². The predicted octanol–water partition coefficient (Wildman–Crippen LogP) is 3.78. The molecule has 5 nitrogen and oxygen atoms in total. The van der Waals surface area contributed by atoms with Crippen molar-refractivity contribution in [3.63, 3.8) is 0 Å². The lowest BCUT2D eigenvalue weighted by molar-refractivity contribution is -0.128. The fraction of sp³-hybridized carbons (Fsp3) is 0.316. The number of halogens is 1. The number of carbonyl (C=O) groups excluding carboxylic acids is 1. The second kappa shape index (κ2) is 8.56. The summed E-state index contributed by atoms with van der Waals surface area (Å²) in [5, 5.41) is 3.53. The maximum Gasteiger partial charge on any atom is 0.261 e. The molecule has 140 valence electrons. The largest absolute Gasteiger partial charge is 0.481 e. The van der Waals surface area contributed by atoms with Crippen LogP contribution in [0.5, 0.6) is 5.75 Å². The zero-order valence-corrected chi connectivity index (χ0v) is 16.5. The highest BCUT2D eigenvalue weighted by molar-refractivity contribution is 7.90. The van der Waals surface area contributed by atoms with E-state index in [2.05, 4.69) is 5.32 Å². The second-order valence-corrected chi connectivity index (χ2v) is 8.48. The van der Waals surface area contributed by atoms with E-state index in [1.807, 2.05) is 6.92 Å². The molecule has 0 fully saturated rings. The van der Waals surface area contributed by atoms with Gasteiger partial charge in [0.2, 0.25) is 0 Å². The van der Waals surface area contributed by atoms with Gasteiger partial charge in [-0.2, -0.15) is 0 Å². The van der Waals surface area contributed by atoms with Gasteiger partial charge in [-0.1, -0.05) is 30.7 Å². The summed E-state index contributed by atoms with van der Waals surface area (Å²) in [7, 11) is -3.24. The van der Waals surface area contributed by atoms with Gasteiger partial charge in [0.05, 0.1) is 10.9 Å². The van der Waals surface area contributed by atoms with E-state index in [0.717, 1.165) is 11.8 Å². The molecule has 0 spiro atoms. The Kier molecular flexibility index (Phi) is 6.67. The Bertz CT molecular complexity index is 848. The van der Waals surface area contributed by atoms with Crippen LogP contribution in [0.3, 0.4) is 0 Å². The average Bonchev–Trinajstić information content (AvgIpc) is 2.60. The van der Waals surface area contributed by atoms with E-state index in [1.54, 1.807) is 55.5 Å². The van der Waals surface area contributed by atoms with Crippen molar-refractivity contribution in [1.82, 2.24) is 5.32 Å². The van der Waals surface area contributed by atoms with Gasteiger partial charge >= 0.3 is 0 Å². The minimum atomic E-state index is -3.24. The van der Waals surface area contributed by atoms with Gasteiger partial charge in [-0.3, -0.25) is 4.79 Å². The van der Waals surface area contributed by atoms with E-state index in [1.165, 1.54) is 0 Å². The number of sulfone groups is 1. The molecule has 0 aliphatic heterocycles. The highest BCUT2D eigenvalue weighted by Gasteiger charge is 2.20. The number of hydrogen-bond donors (Lipinski definition) is 1. The van der Waals surface area contributed by atoms with Crippen molar-refractivity contribution in [2.24, 2.45) is 0 Å². The molecule has 7 heteroatoms. The maximum absolute atomic E-state index is 12.4. The lowest BCUT2D eigenvalue weighted by atomic mass is 10.0. The molecule has 0 aliphatic rings. The first-order valence-corrected chi connectivity index (χ1v) is 10.5. The quantitative estimate of drug-likeness (QED) is 0.774. The molecule has 2 rings (SSSR count). The van der Waals surface area contributed by atoms with E-state index in [0.29, 0.717) is 17.2 Å². The maximum atomic E-state index is 12.4. The minimum absolute atomic E-state index is 0.229. The Labute approximate surface area is 159 Å². The summed E-state index contributed by atoms with van der Waals surface area (Å²) in [5.41, 5.74) is 0.840. The van der Waals surface area contributed by atoms with Crippen molar-refractivity contribution in [2.45, 2.75) is 37.3 Å². The number of ether oxygens (including phenoxy) is 1. The molecular formula is C19H22ClNO4S. The van der Waals surface area contributed by atoms with E-state index >= 15 is 0 Å². The molecule has 0 bridgehead atoms. The number of rotatable bonds is 7. The molecular weight excluding hydrogens is 374 g/mol. The number of amides is 1. The van der Waals surface area contributed by atoms with Crippen LogP contribution in [0.1, 0.15) is 31.9 Å². The van der Waals surface area contributed by atoms with Gasteiger partial charge in [-0.25, -0.2) is 8.42 Å². The van der Waals surface area contributed by atoms with E-state index in [9.17, 15) is 13.2 Å². The molecule has 2 atom stereocenters. The Morgan fingerprint density at radius 1 is 1.12 bits per heavy atom. The van der Waals surface area contributed by atoms with Crippen molar-refractivity contribution < 1.29 is 17.9 Å². The fourth-order valence-electron chi connectivity index (χ4n) is 2.43. The molecule has 1 N–H and O–H groups in total. The van der Waals surface area contributed by atoms with E-state index in [4.69, 9.17) is 16.3 Å². The summed E-state index contributed by atoms with van der Waals surface area (Å²) in [6.45, 7) is 3.61. The average molecular weight is 396 g/mol. The molecule has 0 aromatic heterocycles. The van der Waals surface area contributed by atoms with Crippen molar-refractivity contribution in [3.05, 3.63) is 59.1 Å². The molecule has 2 aromatic rings. The van der Waals surface area contributed by atoms with Crippen LogP contribution in [0.2, 0.25) is 5.02 Å².